The second-order valence-electron chi connectivity index (χ2n) is 6.36. The summed E-state index contributed by atoms with van der Waals surface area (Å²) < 4.78 is 31.8. The number of carbonyl (C=O) groups excluding carboxylic acids is 2. The number of nitrogens with zero attached hydrogens (tertiary/aromatic N) is 1. The van der Waals surface area contributed by atoms with Gasteiger partial charge in [0.25, 0.3) is 21.6 Å². The number of nitro groups is 1. The Kier molecular flexibility index (Phi) is 6.95. The van der Waals surface area contributed by atoms with Gasteiger partial charge in [0.2, 0.25) is 0 Å². The molecule has 0 aliphatic heterocycles. The van der Waals surface area contributed by atoms with Gasteiger partial charge in [-0.25, -0.2) is 17.9 Å². The van der Waals surface area contributed by atoms with Crippen LogP contribution in [-0.2, 0) is 10.0 Å². The third-order valence-electron chi connectivity index (χ3n) is 3.68. The molecule has 3 amide bonds. The van der Waals surface area contributed by atoms with Gasteiger partial charge >= 0.3 is 6.03 Å². The van der Waals surface area contributed by atoms with Crippen molar-refractivity contribution in [3.63, 3.8) is 0 Å². The van der Waals surface area contributed by atoms with E-state index in [0.717, 1.165) is 12.1 Å². The fourth-order valence-electron chi connectivity index (χ4n) is 2.40. The van der Waals surface area contributed by atoms with Crippen molar-refractivity contribution in [2.45, 2.75) is 24.8 Å². The van der Waals surface area contributed by atoms with E-state index in [9.17, 15) is 28.1 Å². The molecule has 0 radical (unpaired) electrons. The SMILES string of the molecule is COc1ccc(S(=O)(=O)NC(=O)c2cccc(NC(=O)NC(C)C)c2)c([N+](=O)[O-])c1. The lowest BCUT2D eigenvalue weighted by atomic mass is 10.2. The topological polar surface area (TPSA) is 157 Å². The Balaban J connectivity index is 2.26. The van der Waals surface area contributed by atoms with Gasteiger partial charge in [-0.05, 0) is 44.2 Å². The Bertz CT molecular complexity index is 1080. The number of carbonyl (C=O) groups is 2. The number of rotatable bonds is 7. The average Bonchev–Trinajstić information content (AvgIpc) is 2.66. The summed E-state index contributed by atoms with van der Waals surface area (Å²) >= 11 is 0. The molecule has 0 spiro atoms. The van der Waals surface area contributed by atoms with Gasteiger partial charge in [-0.2, -0.15) is 0 Å². The molecular formula is C18H20N4O7S. The van der Waals surface area contributed by atoms with Crippen molar-refractivity contribution in [2.75, 3.05) is 12.4 Å². The molecule has 0 aliphatic rings. The molecule has 160 valence electrons. The molecule has 0 saturated carbocycles. The molecule has 2 aromatic carbocycles. The van der Waals surface area contributed by atoms with Crippen molar-refractivity contribution in [3.8, 4) is 5.75 Å². The summed E-state index contributed by atoms with van der Waals surface area (Å²) in [7, 11) is -3.28. The first kappa shape index (κ1) is 22.6. The van der Waals surface area contributed by atoms with Gasteiger partial charge in [-0.3, -0.25) is 14.9 Å². The van der Waals surface area contributed by atoms with E-state index >= 15 is 0 Å². The van der Waals surface area contributed by atoms with E-state index in [1.54, 1.807) is 18.6 Å². The van der Waals surface area contributed by atoms with Crippen molar-refractivity contribution in [2.24, 2.45) is 0 Å². The van der Waals surface area contributed by atoms with Crippen LogP contribution in [0.25, 0.3) is 0 Å². The molecular weight excluding hydrogens is 416 g/mol. The summed E-state index contributed by atoms with van der Waals surface area (Å²) in [5, 5.41) is 16.4. The summed E-state index contributed by atoms with van der Waals surface area (Å²) in [6.45, 7) is 3.54. The maximum absolute atomic E-state index is 12.6. The molecule has 0 unspecified atom stereocenters. The minimum Gasteiger partial charge on any atom is -0.497 e. The molecule has 0 saturated heterocycles. The highest BCUT2D eigenvalue weighted by atomic mass is 32.2. The number of anilines is 1. The van der Waals surface area contributed by atoms with E-state index < -0.39 is 37.5 Å². The van der Waals surface area contributed by atoms with Crippen LogP contribution in [0.1, 0.15) is 24.2 Å². The van der Waals surface area contributed by atoms with Crippen molar-refractivity contribution in [3.05, 3.63) is 58.1 Å². The Morgan fingerprint density at radius 2 is 1.83 bits per heavy atom. The van der Waals surface area contributed by atoms with E-state index in [1.807, 2.05) is 0 Å². The first-order valence-electron chi connectivity index (χ1n) is 8.60. The molecule has 11 nitrogen and oxygen atoms in total. The van der Waals surface area contributed by atoms with Crippen molar-refractivity contribution in [1.29, 1.82) is 0 Å². The number of methoxy groups -OCH3 is 1. The van der Waals surface area contributed by atoms with Gasteiger partial charge in [0.1, 0.15) is 5.75 Å². The highest BCUT2D eigenvalue weighted by Gasteiger charge is 2.28. The Morgan fingerprint density at radius 1 is 1.13 bits per heavy atom. The van der Waals surface area contributed by atoms with E-state index in [-0.39, 0.29) is 23.0 Å². The van der Waals surface area contributed by atoms with Gasteiger partial charge in [0.15, 0.2) is 4.90 Å². The molecule has 30 heavy (non-hydrogen) atoms. The molecule has 0 fully saturated rings. The molecule has 3 N–H and O–H groups in total. The van der Waals surface area contributed by atoms with Gasteiger partial charge < -0.3 is 15.4 Å². The number of ether oxygens (including phenoxy) is 1. The highest BCUT2D eigenvalue weighted by molar-refractivity contribution is 7.90. The van der Waals surface area contributed by atoms with Crippen LogP contribution in [0, 0.1) is 10.1 Å². The number of amides is 3. The summed E-state index contributed by atoms with van der Waals surface area (Å²) in [5.74, 6) is -0.932. The lowest BCUT2D eigenvalue weighted by molar-refractivity contribution is -0.387. The fourth-order valence-corrected chi connectivity index (χ4v) is 3.53. The standard InChI is InChI=1S/C18H20N4O7S/c1-11(2)19-18(24)20-13-6-4-5-12(9-13)17(23)21-30(27,28)16-8-7-14(29-3)10-15(16)22(25)26/h4-11H,1-3H3,(H,21,23)(H2,19,20,24). The van der Waals surface area contributed by atoms with Crippen LogP contribution in [0.4, 0.5) is 16.2 Å². The highest BCUT2D eigenvalue weighted by Crippen LogP contribution is 2.28. The zero-order valence-electron chi connectivity index (χ0n) is 16.3. The summed E-state index contributed by atoms with van der Waals surface area (Å²) in [6.07, 6.45) is 0. The third-order valence-corrected chi connectivity index (χ3v) is 5.06. The average molecular weight is 436 g/mol. The van der Waals surface area contributed by atoms with Crippen LogP contribution in [0.15, 0.2) is 47.4 Å². The van der Waals surface area contributed by atoms with E-state index in [2.05, 4.69) is 10.6 Å². The van der Waals surface area contributed by atoms with Crippen molar-refractivity contribution in [1.82, 2.24) is 10.0 Å². The van der Waals surface area contributed by atoms with Gasteiger partial charge in [-0.15, -0.1) is 0 Å². The van der Waals surface area contributed by atoms with Crippen molar-refractivity contribution >= 4 is 33.3 Å². The second-order valence-corrected chi connectivity index (χ2v) is 8.01. The van der Waals surface area contributed by atoms with E-state index in [1.165, 1.54) is 37.4 Å². The quantitative estimate of drug-likeness (QED) is 0.444. The van der Waals surface area contributed by atoms with Crippen LogP contribution in [0.3, 0.4) is 0 Å². The normalized spacial score (nSPS) is 10.9. The van der Waals surface area contributed by atoms with Gasteiger partial charge in [-0.1, -0.05) is 6.07 Å². The summed E-state index contributed by atoms with van der Waals surface area (Å²) in [4.78, 5) is 33.9. The number of benzene rings is 2. The van der Waals surface area contributed by atoms with Crippen molar-refractivity contribution < 1.29 is 27.7 Å². The molecule has 12 heteroatoms. The number of nitrogens with one attached hydrogen (secondary N) is 3. The monoisotopic (exact) mass is 436 g/mol. The van der Waals surface area contributed by atoms with Crippen LogP contribution in [0.2, 0.25) is 0 Å². The van der Waals surface area contributed by atoms with E-state index in [0.29, 0.717) is 0 Å². The first-order chi connectivity index (χ1) is 14.0. The lowest BCUT2D eigenvalue weighted by Crippen LogP contribution is -2.34. The molecule has 0 aromatic heterocycles. The lowest BCUT2D eigenvalue weighted by Gasteiger charge is -2.11. The summed E-state index contributed by atoms with van der Waals surface area (Å²) in [6, 6.07) is 8.10. The molecule has 2 aromatic rings. The fraction of sp³-hybridized carbons (Fsp3) is 0.222. The molecule has 0 heterocycles. The van der Waals surface area contributed by atoms with Crippen LogP contribution in [-0.4, -0.2) is 38.4 Å². The molecule has 0 atom stereocenters. The zero-order chi connectivity index (χ0) is 22.5. The minimum absolute atomic E-state index is 0.0721. The maximum Gasteiger partial charge on any atom is 0.319 e. The predicted molar refractivity (Wildman–Crippen MR) is 108 cm³/mol. The predicted octanol–water partition coefficient (Wildman–Crippen LogP) is 2.25. The second kappa shape index (κ2) is 9.22. The molecule has 0 aliphatic carbocycles. The van der Waals surface area contributed by atoms with Gasteiger partial charge in [0.05, 0.1) is 18.1 Å². The number of sulfonamides is 1. The largest absolute Gasteiger partial charge is 0.497 e. The molecule has 2 rings (SSSR count). The van der Waals surface area contributed by atoms with Crippen LogP contribution >= 0.6 is 0 Å². The molecule has 0 bridgehead atoms. The first-order valence-corrected chi connectivity index (χ1v) is 10.1. The minimum atomic E-state index is -4.56. The number of hydrogen-bond donors (Lipinski definition) is 3. The third kappa shape index (κ3) is 5.67. The Hall–Kier alpha value is -3.67. The van der Waals surface area contributed by atoms with Crippen LogP contribution in [0.5, 0.6) is 5.75 Å². The summed E-state index contributed by atoms with van der Waals surface area (Å²) in [5.41, 5.74) is -0.555. The number of hydrogen-bond acceptors (Lipinski definition) is 7. The van der Waals surface area contributed by atoms with E-state index in [4.69, 9.17) is 4.74 Å². The number of urea groups is 1. The Labute approximate surface area is 172 Å². The number of nitro benzene ring substituents is 1. The Morgan fingerprint density at radius 3 is 2.43 bits per heavy atom. The van der Waals surface area contributed by atoms with Gasteiger partial charge in [0, 0.05) is 17.3 Å². The zero-order valence-corrected chi connectivity index (χ0v) is 17.1. The smallest absolute Gasteiger partial charge is 0.319 e. The van der Waals surface area contributed by atoms with Crippen LogP contribution < -0.4 is 20.1 Å². The maximum atomic E-state index is 12.6.